The molecule has 2 heterocycles. The summed E-state index contributed by atoms with van der Waals surface area (Å²) < 4.78 is 13.4. The van der Waals surface area contributed by atoms with Crippen LogP contribution in [0.4, 0.5) is 17.1 Å². The molecule has 10 aromatic carbocycles. The summed E-state index contributed by atoms with van der Waals surface area (Å²) in [6, 6.07) is 86.1. The van der Waals surface area contributed by atoms with E-state index in [1.807, 2.05) is 0 Å². The zero-order valence-corrected chi connectivity index (χ0v) is 35.3. The molecule has 3 heteroatoms. The number of benzene rings is 10. The number of anilines is 3. The molecule has 0 bridgehead atoms. The Bertz CT molecular complexity index is 3500. The molecule has 0 unspecified atom stereocenters. The third-order valence-electron chi connectivity index (χ3n) is 14.4. The van der Waals surface area contributed by atoms with Crippen LogP contribution in [-0.2, 0) is 10.8 Å². The molecule has 0 amide bonds. The molecule has 2 aliphatic carbocycles. The Morgan fingerprint density at radius 1 is 0.277 bits per heavy atom. The van der Waals surface area contributed by atoms with Gasteiger partial charge in [0.15, 0.2) is 0 Å². The summed E-state index contributed by atoms with van der Waals surface area (Å²) in [7, 11) is 0. The van der Waals surface area contributed by atoms with Crippen LogP contribution in [0.3, 0.4) is 0 Å². The standard InChI is InChI=1S/C62H39NO2/c1-2-18-40(19-3-1)41-20-16-21-42(38-41)63(43-36-37-49-46(39-43)44-22-4-6-24-47(44)61(49)50-26-8-12-32-56(50)64-57-33-13-9-27-51(57)61)55-31-17-30-54-60(55)45-23-5-7-25-48(45)62(54)52-28-10-14-34-58(52)65-59-35-15-11-29-53(59)62/h1-39H. The first-order chi connectivity index (χ1) is 32.2. The van der Waals surface area contributed by atoms with Gasteiger partial charge in [0.05, 0.1) is 16.5 Å². The predicted octanol–water partition coefficient (Wildman–Crippen LogP) is 15.8. The van der Waals surface area contributed by atoms with Crippen molar-refractivity contribution in [3.05, 3.63) is 281 Å². The molecule has 0 saturated heterocycles. The van der Waals surface area contributed by atoms with Crippen LogP contribution in [0.5, 0.6) is 23.0 Å². The van der Waals surface area contributed by atoms with Gasteiger partial charge >= 0.3 is 0 Å². The highest BCUT2D eigenvalue weighted by Gasteiger charge is 2.53. The summed E-state index contributed by atoms with van der Waals surface area (Å²) >= 11 is 0. The minimum absolute atomic E-state index is 0.558. The maximum absolute atomic E-state index is 6.71. The number of para-hydroxylation sites is 4. The molecule has 65 heavy (non-hydrogen) atoms. The Balaban J connectivity index is 1.06. The van der Waals surface area contributed by atoms with E-state index in [-0.39, 0.29) is 0 Å². The number of ether oxygens (including phenoxy) is 2. The molecule has 14 rings (SSSR count). The highest BCUT2D eigenvalue weighted by atomic mass is 16.5. The van der Waals surface area contributed by atoms with E-state index in [0.29, 0.717) is 0 Å². The summed E-state index contributed by atoms with van der Waals surface area (Å²) in [5.41, 5.74) is 18.9. The number of rotatable bonds is 4. The van der Waals surface area contributed by atoms with Crippen molar-refractivity contribution in [3.8, 4) is 56.4 Å². The maximum Gasteiger partial charge on any atom is 0.132 e. The largest absolute Gasteiger partial charge is 0.457 e. The van der Waals surface area contributed by atoms with E-state index < -0.39 is 10.8 Å². The lowest BCUT2D eigenvalue weighted by atomic mass is 9.66. The highest BCUT2D eigenvalue weighted by molar-refractivity contribution is 6.00. The molecule has 4 aliphatic rings. The van der Waals surface area contributed by atoms with E-state index in [2.05, 4.69) is 241 Å². The molecule has 0 radical (unpaired) electrons. The van der Waals surface area contributed by atoms with Crippen LogP contribution in [0.15, 0.2) is 237 Å². The van der Waals surface area contributed by atoms with Gasteiger partial charge in [-0.25, -0.2) is 0 Å². The second-order valence-corrected chi connectivity index (χ2v) is 17.5. The minimum Gasteiger partial charge on any atom is -0.457 e. The van der Waals surface area contributed by atoms with Gasteiger partial charge in [0.25, 0.3) is 0 Å². The van der Waals surface area contributed by atoms with Gasteiger partial charge in [-0.2, -0.15) is 0 Å². The van der Waals surface area contributed by atoms with Gasteiger partial charge in [-0.1, -0.05) is 182 Å². The number of nitrogens with zero attached hydrogens (tertiary/aromatic N) is 1. The normalized spacial score (nSPS) is 14.3. The predicted molar refractivity (Wildman–Crippen MR) is 261 cm³/mol. The molecule has 0 fully saturated rings. The summed E-state index contributed by atoms with van der Waals surface area (Å²) in [6.07, 6.45) is 0. The van der Waals surface area contributed by atoms with E-state index in [1.54, 1.807) is 0 Å². The lowest BCUT2D eigenvalue weighted by Gasteiger charge is -2.39. The van der Waals surface area contributed by atoms with E-state index in [4.69, 9.17) is 9.47 Å². The summed E-state index contributed by atoms with van der Waals surface area (Å²) in [4.78, 5) is 2.50. The van der Waals surface area contributed by atoms with Crippen LogP contribution >= 0.6 is 0 Å². The Labute approximate surface area is 378 Å². The third kappa shape index (κ3) is 4.79. The van der Waals surface area contributed by atoms with Crippen molar-refractivity contribution in [2.75, 3.05) is 4.90 Å². The molecule has 2 spiro atoms. The molecule has 0 saturated carbocycles. The van der Waals surface area contributed by atoms with Gasteiger partial charge in [0.1, 0.15) is 23.0 Å². The van der Waals surface area contributed by atoms with Crippen LogP contribution in [0.25, 0.3) is 33.4 Å². The molecule has 3 nitrogen and oxygen atoms in total. The van der Waals surface area contributed by atoms with Crippen molar-refractivity contribution >= 4 is 17.1 Å². The molecule has 0 N–H and O–H groups in total. The average molecular weight is 830 g/mol. The quantitative estimate of drug-likeness (QED) is 0.176. The molecule has 0 atom stereocenters. The summed E-state index contributed by atoms with van der Waals surface area (Å²) in [5, 5.41) is 0. The van der Waals surface area contributed by atoms with Crippen LogP contribution in [0, 0.1) is 0 Å². The van der Waals surface area contributed by atoms with Crippen molar-refractivity contribution in [3.63, 3.8) is 0 Å². The van der Waals surface area contributed by atoms with E-state index in [0.717, 1.165) is 67.9 Å². The van der Waals surface area contributed by atoms with E-state index >= 15 is 0 Å². The maximum atomic E-state index is 6.71. The zero-order valence-electron chi connectivity index (χ0n) is 35.3. The fourth-order valence-electron chi connectivity index (χ4n) is 11.9. The first-order valence-corrected chi connectivity index (χ1v) is 22.4. The van der Waals surface area contributed by atoms with Gasteiger partial charge in [0, 0.05) is 39.2 Å². The van der Waals surface area contributed by atoms with Crippen LogP contribution in [0.2, 0.25) is 0 Å². The number of hydrogen-bond donors (Lipinski definition) is 0. The minimum atomic E-state index is -0.599. The molecule has 304 valence electrons. The second kappa shape index (κ2) is 13.6. The Morgan fingerprint density at radius 3 is 1.32 bits per heavy atom. The zero-order chi connectivity index (χ0) is 42.7. The summed E-state index contributed by atoms with van der Waals surface area (Å²) in [5.74, 6) is 3.55. The van der Waals surface area contributed by atoms with Crippen LogP contribution in [0.1, 0.15) is 44.5 Å². The topological polar surface area (TPSA) is 21.7 Å². The third-order valence-corrected chi connectivity index (χ3v) is 14.4. The SMILES string of the molecule is c1ccc(-c2cccc(N(c3ccc4c(c3)-c3ccccc3C43c4ccccc4Oc4ccccc43)c3cccc4c3-c3ccccc3C43c4ccccc4Oc4ccccc43)c2)cc1. The van der Waals surface area contributed by atoms with Crippen molar-refractivity contribution in [2.24, 2.45) is 0 Å². The van der Waals surface area contributed by atoms with Gasteiger partial charge < -0.3 is 14.4 Å². The number of hydrogen-bond acceptors (Lipinski definition) is 3. The van der Waals surface area contributed by atoms with Crippen molar-refractivity contribution in [1.29, 1.82) is 0 Å². The molecule has 0 aromatic heterocycles. The smallest absolute Gasteiger partial charge is 0.132 e. The van der Waals surface area contributed by atoms with Crippen molar-refractivity contribution in [2.45, 2.75) is 10.8 Å². The van der Waals surface area contributed by atoms with E-state index in [1.165, 1.54) is 50.1 Å². The highest BCUT2D eigenvalue weighted by Crippen LogP contribution is 2.66. The van der Waals surface area contributed by atoms with Gasteiger partial charge in [-0.05, 0) is 105 Å². The lowest BCUT2D eigenvalue weighted by molar-refractivity contribution is 0.436. The number of fused-ring (bicyclic) bond motifs is 18. The molecule has 2 aliphatic heterocycles. The molecular formula is C62H39NO2. The lowest BCUT2D eigenvalue weighted by Crippen LogP contribution is -2.32. The van der Waals surface area contributed by atoms with Gasteiger partial charge in [-0.15, -0.1) is 0 Å². The average Bonchev–Trinajstić information content (AvgIpc) is 3.83. The van der Waals surface area contributed by atoms with E-state index in [9.17, 15) is 0 Å². The first kappa shape index (κ1) is 36.1. The Morgan fingerprint density at radius 2 is 0.708 bits per heavy atom. The van der Waals surface area contributed by atoms with Crippen LogP contribution < -0.4 is 14.4 Å². The Kier molecular flexibility index (Phi) is 7.53. The molecular weight excluding hydrogens is 791 g/mol. The second-order valence-electron chi connectivity index (χ2n) is 17.5. The van der Waals surface area contributed by atoms with Crippen molar-refractivity contribution < 1.29 is 9.47 Å². The monoisotopic (exact) mass is 829 g/mol. The fourth-order valence-corrected chi connectivity index (χ4v) is 11.9. The summed E-state index contributed by atoms with van der Waals surface area (Å²) in [6.45, 7) is 0. The Hall–Kier alpha value is -8.40. The van der Waals surface area contributed by atoms with Crippen molar-refractivity contribution in [1.82, 2.24) is 0 Å². The van der Waals surface area contributed by atoms with Crippen LogP contribution in [-0.4, -0.2) is 0 Å². The fraction of sp³-hybridized carbons (Fsp3) is 0.0323. The first-order valence-electron chi connectivity index (χ1n) is 22.4. The molecule has 10 aromatic rings. The van der Waals surface area contributed by atoms with Gasteiger partial charge in [0.2, 0.25) is 0 Å². The van der Waals surface area contributed by atoms with Gasteiger partial charge in [-0.3, -0.25) is 0 Å².